The van der Waals surface area contributed by atoms with Crippen LogP contribution in [0.15, 0.2) is 0 Å². The quantitative estimate of drug-likeness (QED) is 0.523. The molecule has 6 bridgehead atoms. The minimum Gasteiger partial charge on any atom is -0.462 e. The Morgan fingerprint density at radius 2 is 1.70 bits per heavy atom. The Balaban J connectivity index is 1.13. The molecule has 6 nitrogen and oxygen atoms in total. The average Bonchev–Trinajstić information content (AvgIpc) is 3.37. The van der Waals surface area contributed by atoms with Crippen LogP contribution in [-0.4, -0.2) is 36.7 Å². The molecule has 9 unspecified atom stereocenters. The first-order chi connectivity index (χ1) is 13.0. The molecule has 27 heavy (non-hydrogen) atoms. The van der Waals surface area contributed by atoms with Gasteiger partial charge in [0.2, 0.25) is 0 Å². The van der Waals surface area contributed by atoms with E-state index in [1.165, 1.54) is 0 Å². The number of fused-ring (bicyclic) bond motifs is 2. The van der Waals surface area contributed by atoms with Gasteiger partial charge in [0.15, 0.2) is 6.79 Å². The van der Waals surface area contributed by atoms with Gasteiger partial charge in [0, 0.05) is 24.2 Å². The molecule has 6 rings (SSSR count). The summed E-state index contributed by atoms with van der Waals surface area (Å²) in [6.07, 6.45) is 5.84. The van der Waals surface area contributed by atoms with Crippen LogP contribution in [0.2, 0.25) is 0 Å². The van der Waals surface area contributed by atoms with E-state index in [9.17, 15) is 14.4 Å². The first kappa shape index (κ1) is 17.7. The zero-order chi connectivity index (χ0) is 18.7. The Morgan fingerprint density at radius 1 is 0.963 bits per heavy atom. The summed E-state index contributed by atoms with van der Waals surface area (Å²) in [6, 6.07) is 0. The van der Waals surface area contributed by atoms with Gasteiger partial charge in [0.25, 0.3) is 0 Å². The highest BCUT2D eigenvalue weighted by atomic mass is 16.7. The van der Waals surface area contributed by atoms with Crippen molar-refractivity contribution in [2.75, 3.05) is 6.79 Å². The van der Waals surface area contributed by atoms with Crippen molar-refractivity contribution in [3.05, 3.63) is 0 Å². The van der Waals surface area contributed by atoms with E-state index in [1.54, 1.807) is 6.92 Å². The lowest BCUT2D eigenvalue weighted by molar-refractivity contribution is -0.177. The molecule has 148 valence electrons. The molecule has 6 heteroatoms. The van der Waals surface area contributed by atoms with Crippen LogP contribution < -0.4 is 0 Å². The number of carbonyl (C=O) groups is 3. The van der Waals surface area contributed by atoms with E-state index in [4.69, 9.17) is 14.2 Å². The van der Waals surface area contributed by atoms with Crippen LogP contribution in [0.4, 0.5) is 0 Å². The third-order valence-corrected chi connectivity index (χ3v) is 7.94. The van der Waals surface area contributed by atoms with Crippen LogP contribution in [0.5, 0.6) is 0 Å². The molecular formula is C21H28O6. The van der Waals surface area contributed by atoms with Gasteiger partial charge in [-0.2, -0.15) is 0 Å². The highest BCUT2D eigenvalue weighted by Gasteiger charge is 2.60. The van der Waals surface area contributed by atoms with Crippen LogP contribution >= 0.6 is 0 Å². The van der Waals surface area contributed by atoms with Gasteiger partial charge in [-0.25, -0.2) is 0 Å². The second-order valence-electron chi connectivity index (χ2n) is 9.29. The van der Waals surface area contributed by atoms with Crippen molar-refractivity contribution in [2.45, 2.75) is 64.1 Å². The van der Waals surface area contributed by atoms with Crippen LogP contribution in [0.25, 0.3) is 0 Å². The molecule has 6 aliphatic rings. The van der Waals surface area contributed by atoms with E-state index in [0.29, 0.717) is 30.0 Å². The van der Waals surface area contributed by atoms with Gasteiger partial charge in [0.05, 0.1) is 12.0 Å². The molecule has 0 spiro atoms. The van der Waals surface area contributed by atoms with Gasteiger partial charge in [-0.15, -0.1) is 0 Å². The van der Waals surface area contributed by atoms with Gasteiger partial charge in [-0.3, -0.25) is 14.4 Å². The van der Waals surface area contributed by atoms with E-state index in [1.807, 2.05) is 0 Å². The van der Waals surface area contributed by atoms with Gasteiger partial charge in [-0.1, -0.05) is 6.92 Å². The van der Waals surface area contributed by atoms with E-state index in [0.717, 1.165) is 38.5 Å². The lowest BCUT2D eigenvalue weighted by Gasteiger charge is -2.31. The molecule has 0 saturated heterocycles. The molecule has 6 saturated carbocycles. The second-order valence-corrected chi connectivity index (χ2v) is 9.29. The van der Waals surface area contributed by atoms with E-state index in [2.05, 4.69) is 0 Å². The highest BCUT2D eigenvalue weighted by molar-refractivity contribution is 5.88. The molecule has 0 aromatic rings. The lowest BCUT2D eigenvalue weighted by atomic mass is 9.80. The molecule has 0 aromatic carbocycles. The van der Waals surface area contributed by atoms with Gasteiger partial charge in [-0.05, 0) is 56.3 Å². The Morgan fingerprint density at radius 3 is 2.44 bits per heavy atom. The molecule has 0 radical (unpaired) electrons. The summed E-state index contributed by atoms with van der Waals surface area (Å²) in [5.74, 6) is 1.51. The molecule has 6 fully saturated rings. The zero-order valence-corrected chi connectivity index (χ0v) is 15.8. The first-order valence-electron chi connectivity index (χ1n) is 10.6. The Labute approximate surface area is 159 Å². The molecule has 0 amide bonds. The monoisotopic (exact) mass is 376 g/mol. The predicted molar refractivity (Wildman–Crippen MR) is 93.1 cm³/mol. The fourth-order valence-corrected chi connectivity index (χ4v) is 6.87. The smallest absolute Gasteiger partial charge is 0.311 e. The SMILES string of the molecule is CCC(=O)OC1CC2CC(C(=O)OCOC3C4CC5CC(C4=O)C3C5)C1C2. The van der Waals surface area contributed by atoms with Crippen molar-refractivity contribution in [3.8, 4) is 0 Å². The van der Waals surface area contributed by atoms with Crippen molar-refractivity contribution < 1.29 is 28.6 Å². The first-order valence-corrected chi connectivity index (χ1v) is 10.6. The summed E-state index contributed by atoms with van der Waals surface area (Å²) in [6.45, 7) is 1.72. The summed E-state index contributed by atoms with van der Waals surface area (Å²) in [4.78, 5) is 36.5. The number of ether oxygens (including phenoxy) is 3. The number of hydrogen-bond acceptors (Lipinski definition) is 6. The van der Waals surface area contributed by atoms with Crippen molar-refractivity contribution >= 4 is 17.7 Å². The minimum absolute atomic E-state index is 0.0199. The maximum absolute atomic E-state index is 12.6. The largest absolute Gasteiger partial charge is 0.462 e. The number of ketones is 1. The fraction of sp³-hybridized carbons (Fsp3) is 0.857. The number of hydrogen-bond donors (Lipinski definition) is 0. The number of rotatable bonds is 6. The van der Waals surface area contributed by atoms with Crippen molar-refractivity contribution in [1.29, 1.82) is 0 Å². The fourth-order valence-electron chi connectivity index (χ4n) is 6.87. The van der Waals surface area contributed by atoms with Crippen LogP contribution in [0, 0.1) is 41.4 Å². The van der Waals surface area contributed by atoms with Crippen LogP contribution in [0.3, 0.4) is 0 Å². The summed E-state index contributed by atoms with van der Waals surface area (Å²) in [5.41, 5.74) is 0. The molecule has 9 atom stereocenters. The van der Waals surface area contributed by atoms with E-state index >= 15 is 0 Å². The summed E-state index contributed by atoms with van der Waals surface area (Å²) >= 11 is 0. The van der Waals surface area contributed by atoms with E-state index in [-0.39, 0.29) is 54.6 Å². The normalized spacial score (nSPS) is 46.3. The highest BCUT2D eigenvalue weighted by Crippen LogP contribution is 2.57. The maximum Gasteiger partial charge on any atom is 0.311 e. The van der Waals surface area contributed by atoms with Crippen molar-refractivity contribution in [1.82, 2.24) is 0 Å². The summed E-state index contributed by atoms with van der Waals surface area (Å²) in [5, 5.41) is 0. The second kappa shape index (κ2) is 6.57. The van der Waals surface area contributed by atoms with Crippen molar-refractivity contribution in [3.63, 3.8) is 0 Å². The maximum atomic E-state index is 12.6. The third kappa shape index (κ3) is 2.82. The average molecular weight is 376 g/mol. The van der Waals surface area contributed by atoms with Crippen LogP contribution in [-0.2, 0) is 28.6 Å². The number of Topliss-reactive ketones (excluding diaryl/α,β-unsaturated/α-hetero) is 1. The summed E-state index contributed by atoms with van der Waals surface area (Å²) < 4.78 is 16.9. The predicted octanol–water partition coefficient (Wildman–Crippen LogP) is 2.49. The van der Waals surface area contributed by atoms with Crippen LogP contribution in [0.1, 0.15) is 51.9 Å². The van der Waals surface area contributed by atoms with Crippen molar-refractivity contribution in [2.24, 2.45) is 41.4 Å². The zero-order valence-electron chi connectivity index (χ0n) is 15.8. The molecular weight excluding hydrogens is 348 g/mol. The standard InChI is InChI=1S/C21H28O6/c1-2-18(22)27-17-8-11-3-12(17)15(6-11)21(24)26-9-25-20-14-5-10-4-13(14)19(23)16(20)7-10/h10-17,20H,2-9H2,1H3. The Kier molecular flexibility index (Phi) is 4.30. The van der Waals surface area contributed by atoms with Gasteiger partial charge >= 0.3 is 11.9 Å². The number of carbonyl (C=O) groups excluding carboxylic acids is 3. The Bertz CT molecular complexity index is 659. The Hall–Kier alpha value is -1.43. The summed E-state index contributed by atoms with van der Waals surface area (Å²) in [7, 11) is 0. The molecule has 0 N–H and O–H groups in total. The molecule has 0 heterocycles. The third-order valence-electron chi connectivity index (χ3n) is 7.94. The lowest BCUT2D eigenvalue weighted by Crippen LogP contribution is -2.36. The molecule has 0 aromatic heterocycles. The van der Waals surface area contributed by atoms with E-state index < -0.39 is 0 Å². The van der Waals surface area contributed by atoms with Gasteiger partial charge < -0.3 is 14.2 Å². The molecule has 6 aliphatic carbocycles. The number of esters is 2. The topological polar surface area (TPSA) is 78.9 Å². The molecule has 0 aliphatic heterocycles. The van der Waals surface area contributed by atoms with Gasteiger partial charge in [0.1, 0.15) is 11.9 Å². The minimum atomic E-state index is -0.237.